The first kappa shape index (κ1) is 3.14. The van der Waals surface area contributed by atoms with Gasteiger partial charge in [0.05, 0.1) is 4.11 Å². The molecule has 0 radical (unpaired) electrons. The van der Waals surface area contributed by atoms with Crippen LogP contribution in [0.25, 0.3) is 0 Å². The van der Waals surface area contributed by atoms with Crippen LogP contribution in [0.3, 0.4) is 0 Å². The molecular formula is C11H15NO2. The summed E-state index contributed by atoms with van der Waals surface area (Å²) in [6.45, 7) is -3.59. The van der Waals surface area contributed by atoms with Crippen LogP contribution in [-0.2, 0) is 6.37 Å². The van der Waals surface area contributed by atoms with Crippen LogP contribution < -0.4 is 14.8 Å². The summed E-state index contributed by atoms with van der Waals surface area (Å²) in [5.41, 5.74) is -0.804. The first-order valence-electron chi connectivity index (χ1n) is 8.85. The normalized spacial score (nSPS) is 30.4. The van der Waals surface area contributed by atoms with E-state index in [0.717, 1.165) is 7.05 Å². The SMILES string of the molecule is [2H]c1c([2H])c(C([2H])([2H])C([2H])(N([2H])C)C([2H])([2H])[2H])c([2H])c2c1OCO2. The van der Waals surface area contributed by atoms with Gasteiger partial charge in [0, 0.05) is 14.2 Å². The van der Waals surface area contributed by atoms with E-state index in [9.17, 15) is 0 Å². The fourth-order valence-corrected chi connectivity index (χ4v) is 0.965. The third-order valence-corrected chi connectivity index (χ3v) is 1.62. The zero-order valence-corrected chi connectivity index (χ0v) is 7.47. The largest absolute Gasteiger partial charge is 0.454 e. The summed E-state index contributed by atoms with van der Waals surface area (Å²) < 4.78 is 88.4. The number of rotatable bonds is 3. The Morgan fingerprint density at radius 2 is 2.64 bits per heavy atom. The van der Waals surface area contributed by atoms with Crippen LogP contribution in [0.4, 0.5) is 0 Å². The van der Waals surface area contributed by atoms with Crippen molar-refractivity contribution >= 4 is 0 Å². The molecule has 1 aliphatic heterocycles. The monoisotopic (exact) mass is 203 g/mol. The van der Waals surface area contributed by atoms with Gasteiger partial charge in [-0.25, -0.2) is 0 Å². The maximum Gasteiger partial charge on any atom is 0.231 e. The van der Waals surface area contributed by atoms with Gasteiger partial charge in [-0.1, -0.05) is 6.04 Å². The van der Waals surface area contributed by atoms with Gasteiger partial charge in [0.25, 0.3) is 0 Å². The molecule has 76 valence electrons. The highest BCUT2D eigenvalue weighted by Gasteiger charge is 2.13. The molecule has 3 heteroatoms. The van der Waals surface area contributed by atoms with Crippen molar-refractivity contribution in [2.75, 3.05) is 13.8 Å². The summed E-state index contributed by atoms with van der Waals surface area (Å²) in [5.74, 6) is -0.483. The van der Waals surface area contributed by atoms with Gasteiger partial charge in [0.15, 0.2) is 11.5 Å². The molecule has 14 heavy (non-hydrogen) atoms. The molecule has 1 aromatic rings. The molecule has 3 nitrogen and oxygen atoms in total. The molecule has 1 atom stereocenters. The molecule has 1 aromatic carbocycles. The molecular weight excluding hydrogens is 178 g/mol. The Hall–Kier alpha value is -1.22. The molecule has 0 bridgehead atoms. The molecule has 0 aromatic heterocycles. The van der Waals surface area contributed by atoms with Crippen LogP contribution in [0.2, 0.25) is 1.41 Å². The second-order valence-electron chi connectivity index (χ2n) is 2.51. The Morgan fingerprint density at radius 1 is 1.79 bits per heavy atom. The van der Waals surface area contributed by atoms with Crippen molar-refractivity contribution in [2.24, 2.45) is 0 Å². The average molecular weight is 203 g/mol. The summed E-state index contributed by atoms with van der Waals surface area (Å²) >= 11 is 0. The molecule has 0 saturated heterocycles. The minimum absolute atomic E-state index is 0.132. The fraction of sp³-hybridized carbons (Fsp3) is 0.455. The molecule has 1 unspecified atom stereocenters. The van der Waals surface area contributed by atoms with E-state index in [1.807, 2.05) is 0 Å². The number of hydrogen-bond donors (Lipinski definition) is 1. The fourth-order valence-electron chi connectivity index (χ4n) is 0.965. The minimum atomic E-state index is -3.27. The number of nitrogens with one attached hydrogen (secondary N) is 1. The lowest BCUT2D eigenvalue weighted by atomic mass is 10.1. The van der Waals surface area contributed by atoms with E-state index < -0.39 is 42.9 Å². The average Bonchev–Trinajstić information content (AvgIpc) is 2.92. The number of likely N-dealkylation sites (N-methyl/N-ethyl adjacent to an activating group) is 1. The van der Waals surface area contributed by atoms with Gasteiger partial charge in [-0.2, -0.15) is 0 Å². The van der Waals surface area contributed by atoms with Crippen LogP contribution in [0.15, 0.2) is 18.1 Å². The van der Waals surface area contributed by atoms with E-state index in [4.69, 9.17) is 23.2 Å². The van der Waals surface area contributed by atoms with Crippen LogP contribution in [0, 0.1) is 0 Å². The standard InChI is InChI=1S/C11H15NO2/c1-8(12-2)5-9-3-4-10-11(6-9)14-7-13-10/h3-4,6,8,12H,5,7H2,1-2H3/i1D3,3D,4D,5D2,6D,8D/hD. The number of fused-ring (bicyclic) bond motifs is 1. The van der Waals surface area contributed by atoms with Gasteiger partial charge < -0.3 is 14.8 Å². The van der Waals surface area contributed by atoms with Crippen molar-refractivity contribution in [3.63, 3.8) is 0 Å². The molecule has 1 N–H and O–H groups in total. The summed E-state index contributed by atoms with van der Waals surface area (Å²) in [6.07, 6.45) is -3.15. The lowest BCUT2D eigenvalue weighted by Gasteiger charge is -2.09. The van der Waals surface area contributed by atoms with Crippen LogP contribution in [0.1, 0.15) is 24.8 Å². The molecule has 0 amide bonds. The summed E-state index contributed by atoms with van der Waals surface area (Å²) in [6, 6.07) is -5.14. The van der Waals surface area contributed by atoms with Gasteiger partial charge in [-0.15, -0.1) is 0 Å². The lowest BCUT2D eigenvalue weighted by molar-refractivity contribution is 0.174. The second-order valence-corrected chi connectivity index (χ2v) is 2.51. The Bertz CT molecular complexity index is 674. The summed E-state index contributed by atoms with van der Waals surface area (Å²) in [5, 5.41) is 0.132. The molecule has 0 saturated carbocycles. The number of ether oxygens (including phenoxy) is 2. The van der Waals surface area contributed by atoms with E-state index in [1.54, 1.807) is 0 Å². The Morgan fingerprint density at radius 3 is 3.43 bits per heavy atom. The smallest absolute Gasteiger partial charge is 0.231 e. The van der Waals surface area contributed by atoms with E-state index in [-0.39, 0.29) is 23.6 Å². The number of benzene rings is 1. The molecule has 1 heterocycles. The topological polar surface area (TPSA) is 30.5 Å². The molecule has 0 aliphatic carbocycles. The summed E-state index contributed by atoms with van der Waals surface area (Å²) in [4.78, 5) is 0. The van der Waals surface area contributed by atoms with E-state index >= 15 is 0 Å². The minimum Gasteiger partial charge on any atom is -0.454 e. The molecule has 2 rings (SSSR count). The zero-order valence-electron chi connectivity index (χ0n) is 17.5. The van der Waals surface area contributed by atoms with Crippen molar-refractivity contribution in [3.8, 4) is 11.5 Å². The van der Waals surface area contributed by atoms with Crippen molar-refractivity contribution in [1.29, 1.82) is 0 Å². The molecule has 0 fully saturated rings. The Labute approximate surface area is 98.1 Å². The Balaban J connectivity index is 2.81. The van der Waals surface area contributed by atoms with Crippen LogP contribution >= 0.6 is 0 Å². The first-order valence-corrected chi connectivity index (χ1v) is 3.91. The van der Waals surface area contributed by atoms with Gasteiger partial charge in [-0.3, -0.25) is 0 Å². The summed E-state index contributed by atoms with van der Waals surface area (Å²) in [7, 11) is 0.902. The first-order chi connectivity index (χ1) is 10.8. The molecule has 1 aliphatic rings. The highest BCUT2D eigenvalue weighted by molar-refractivity contribution is 5.44. The highest BCUT2D eigenvalue weighted by Crippen LogP contribution is 2.32. The van der Waals surface area contributed by atoms with E-state index in [2.05, 4.69) is 0 Å². The van der Waals surface area contributed by atoms with Gasteiger partial charge in [0.2, 0.25) is 6.79 Å². The van der Waals surface area contributed by atoms with Crippen molar-refractivity contribution in [3.05, 3.63) is 23.7 Å². The maximum atomic E-state index is 8.19. The quantitative estimate of drug-likeness (QED) is 0.809. The Kier molecular flexibility index (Phi) is 0.869. The van der Waals surface area contributed by atoms with E-state index in [1.165, 1.54) is 0 Å². The maximum absolute atomic E-state index is 8.19. The van der Waals surface area contributed by atoms with Gasteiger partial charge in [-0.05, 0) is 37.9 Å². The third kappa shape index (κ3) is 1.82. The number of hydrogen-bond acceptors (Lipinski definition) is 3. The van der Waals surface area contributed by atoms with Gasteiger partial charge >= 0.3 is 0 Å². The second kappa shape index (κ2) is 3.88. The highest BCUT2D eigenvalue weighted by atomic mass is 16.7. The van der Waals surface area contributed by atoms with E-state index in [0.29, 0.717) is 0 Å². The van der Waals surface area contributed by atoms with Crippen LogP contribution in [0.5, 0.6) is 11.5 Å². The van der Waals surface area contributed by atoms with Crippen molar-refractivity contribution < 1.29 is 23.2 Å². The van der Waals surface area contributed by atoms with Crippen LogP contribution in [-0.4, -0.2) is 19.9 Å². The lowest BCUT2D eigenvalue weighted by Crippen LogP contribution is -2.23. The van der Waals surface area contributed by atoms with Crippen molar-refractivity contribution in [2.45, 2.75) is 19.2 Å². The van der Waals surface area contributed by atoms with Gasteiger partial charge in [0.1, 0.15) is 1.41 Å². The predicted octanol–water partition coefficient (Wildman–Crippen LogP) is 1.57. The third-order valence-electron chi connectivity index (χ3n) is 1.62. The molecule has 0 spiro atoms. The zero-order chi connectivity index (χ0) is 18.7. The van der Waals surface area contributed by atoms with Crippen molar-refractivity contribution in [1.82, 2.24) is 5.31 Å². The predicted molar refractivity (Wildman–Crippen MR) is 54.8 cm³/mol.